The lowest BCUT2D eigenvalue weighted by molar-refractivity contribution is -0.143. The van der Waals surface area contributed by atoms with Gasteiger partial charge in [0.1, 0.15) is 6.61 Å². The molecule has 0 aliphatic heterocycles. The van der Waals surface area contributed by atoms with E-state index in [1.54, 1.807) is 0 Å². The van der Waals surface area contributed by atoms with Crippen LogP contribution in [0.15, 0.2) is 48.5 Å². The van der Waals surface area contributed by atoms with Gasteiger partial charge in [0.15, 0.2) is 11.5 Å². The highest BCUT2D eigenvalue weighted by Gasteiger charge is 2.45. The SMILES string of the molecule is CCOc1cccc(C2(C(=O)O)CCCC2)c1OCc1ccccc1. The molecule has 0 saturated heterocycles. The highest BCUT2D eigenvalue weighted by molar-refractivity contribution is 5.83. The van der Waals surface area contributed by atoms with Crippen molar-refractivity contribution in [3.63, 3.8) is 0 Å². The smallest absolute Gasteiger partial charge is 0.314 e. The summed E-state index contributed by atoms with van der Waals surface area (Å²) in [6.07, 6.45) is 3.12. The van der Waals surface area contributed by atoms with Crippen molar-refractivity contribution in [1.82, 2.24) is 0 Å². The molecule has 0 heterocycles. The maximum Gasteiger partial charge on any atom is 0.314 e. The molecule has 2 aromatic carbocycles. The summed E-state index contributed by atoms with van der Waals surface area (Å²) < 4.78 is 11.8. The van der Waals surface area contributed by atoms with E-state index in [-0.39, 0.29) is 0 Å². The van der Waals surface area contributed by atoms with E-state index in [1.807, 2.05) is 55.5 Å². The largest absolute Gasteiger partial charge is 0.490 e. The van der Waals surface area contributed by atoms with Gasteiger partial charge in [0, 0.05) is 5.56 Å². The minimum Gasteiger partial charge on any atom is -0.490 e. The second-order valence-electron chi connectivity index (χ2n) is 6.43. The third-order valence-corrected chi connectivity index (χ3v) is 4.89. The molecular weight excluding hydrogens is 316 g/mol. The van der Waals surface area contributed by atoms with E-state index in [0.29, 0.717) is 37.6 Å². The van der Waals surface area contributed by atoms with Gasteiger partial charge in [-0.05, 0) is 31.4 Å². The average molecular weight is 340 g/mol. The average Bonchev–Trinajstić information content (AvgIpc) is 3.13. The monoisotopic (exact) mass is 340 g/mol. The van der Waals surface area contributed by atoms with Crippen LogP contribution in [-0.4, -0.2) is 17.7 Å². The molecule has 1 saturated carbocycles. The lowest BCUT2D eigenvalue weighted by Gasteiger charge is -2.28. The quantitative estimate of drug-likeness (QED) is 0.803. The number of hydrogen-bond donors (Lipinski definition) is 1. The van der Waals surface area contributed by atoms with Crippen LogP contribution in [0, 0.1) is 0 Å². The van der Waals surface area contributed by atoms with Crippen molar-refractivity contribution < 1.29 is 19.4 Å². The van der Waals surface area contributed by atoms with Crippen LogP contribution in [0.5, 0.6) is 11.5 Å². The van der Waals surface area contributed by atoms with Crippen LogP contribution >= 0.6 is 0 Å². The van der Waals surface area contributed by atoms with Crippen molar-refractivity contribution in [2.45, 2.75) is 44.6 Å². The molecule has 0 spiro atoms. The van der Waals surface area contributed by atoms with Crippen LogP contribution in [0.2, 0.25) is 0 Å². The van der Waals surface area contributed by atoms with Crippen LogP contribution in [0.25, 0.3) is 0 Å². The van der Waals surface area contributed by atoms with Gasteiger partial charge in [0.05, 0.1) is 12.0 Å². The molecule has 0 aromatic heterocycles. The summed E-state index contributed by atoms with van der Waals surface area (Å²) in [7, 11) is 0. The Kier molecular flexibility index (Phi) is 5.27. The van der Waals surface area contributed by atoms with Gasteiger partial charge >= 0.3 is 5.97 Å². The fourth-order valence-corrected chi connectivity index (χ4v) is 3.62. The minimum absolute atomic E-state index is 0.383. The fourth-order valence-electron chi connectivity index (χ4n) is 3.62. The Morgan fingerprint density at radius 2 is 1.76 bits per heavy atom. The molecule has 0 amide bonds. The minimum atomic E-state index is -0.876. The van der Waals surface area contributed by atoms with Gasteiger partial charge < -0.3 is 14.6 Å². The van der Waals surface area contributed by atoms with Crippen LogP contribution in [0.1, 0.15) is 43.7 Å². The van der Waals surface area contributed by atoms with Crippen molar-refractivity contribution >= 4 is 5.97 Å². The molecule has 1 N–H and O–H groups in total. The van der Waals surface area contributed by atoms with Crippen molar-refractivity contribution in [3.8, 4) is 11.5 Å². The van der Waals surface area contributed by atoms with Crippen molar-refractivity contribution in [2.75, 3.05) is 6.61 Å². The van der Waals surface area contributed by atoms with E-state index < -0.39 is 11.4 Å². The fraction of sp³-hybridized carbons (Fsp3) is 0.381. The summed E-state index contributed by atoms with van der Waals surface area (Å²) >= 11 is 0. The summed E-state index contributed by atoms with van der Waals surface area (Å²) in [5.74, 6) is 0.407. The second kappa shape index (κ2) is 7.60. The Balaban J connectivity index is 1.99. The zero-order valence-electron chi connectivity index (χ0n) is 14.5. The molecule has 1 fully saturated rings. The normalized spacial score (nSPS) is 15.7. The lowest BCUT2D eigenvalue weighted by atomic mass is 9.78. The van der Waals surface area contributed by atoms with Crippen molar-refractivity contribution in [3.05, 3.63) is 59.7 Å². The van der Waals surface area contributed by atoms with Gasteiger partial charge in [-0.1, -0.05) is 55.3 Å². The number of ether oxygens (including phenoxy) is 2. The third kappa shape index (κ3) is 3.48. The Bertz CT molecular complexity index is 718. The highest BCUT2D eigenvalue weighted by Crippen LogP contribution is 2.48. The van der Waals surface area contributed by atoms with E-state index in [0.717, 1.165) is 24.0 Å². The van der Waals surface area contributed by atoms with Crippen molar-refractivity contribution in [2.24, 2.45) is 0 Å². The number of aliphatic carboxylic acids is 1. The number of carbonyl (C=O) groups is 1. The number of carboxylic acid groups (broad SMARTS) is 1. The zero-order chi connectivity index (χ0) is 17.7. The molecule has 25 heavy (non-hydrogen) atoms. The Labute approximate surface area is 148 Å². The first-order valence-corrected chi connectivity index (χ1v) is 8.84. The summed E-state index contributed by atoms with van der Waals surface area (Å²) in [6.45, 7) is 2.80. The van der Waals surface area contributed by atoms with E-state index in [1.165, 1.54) is 0 Å². The molecule has 4 heteroatoms. The Morgan fingerprint density at radius 1 is 1.04 bits per heavy atom. The molecule has 0 atom stereocenters. The molecule has 0 bridgehead atoms. The summed E-state index contributed by atoms with van der Waals surface area (Å²) in [5.41, 5.74) is 0.897. The first-order valence-electron chi connectivity index (χ1n) is 8.84. The van der Waals surface area contributed by atoms with Gasteiger partial charge in [0.25, 0.3) is 0 Å². The molecule has 3 rings (SSSR count). The van der Waals surface area contributed by atoms with Crippen molar-refractivity contribution in [1.29, 1.82) is 0 Å². The lowest BCUT2D eigenvalue weighted by Crippen LogP contribution is -2.33. The molecule has 4 nitrogen and oxygen atoms in total. The van der Waals surface area contributed by atoms with E-state index in [4.69, 9.17) is 9.47 Å². The first kappa shape index (κ1) is 17.3. The van der Waals surface area contributed by atoms with Gasteiger partial charge in [-0.2, -0.15) is 0 Å². The van der Waals surface area contributed by atoms with Crippen LogP contribution < -0.4 is 9.47 Å². The predicted molar refractivity (Wildman–Crippen MR) is 96.2 cm³/mol. The number of benzene rings is 2. The Hall–Kier alpha value is -2.49. The zero-order valence-corrected chi connectivity index (χ0v) is 14.5. The standard InChI is InChI=1S/C21H24O4/c1-2-24-18-12-8-11-17(21(20(22)23)13-6-7-14-21)19(18)25-15-16-9-4-3-5-10-16/h3-5,8-12H,2,6-7,13-15H2,1H3,(H,22,23). The molecule has 2 aromatic rings. The van der Waals surface area contributed by atoms with E-state index in [2.05, 4.69) is 0 Å². The van der Waals surface area contributed by atoms with Gasteiger partial charge in [-0.15, -0.1) is 0 Å². The van der Waals surface area contributed by atoms with Crippen LogP contribution in [0.3, 0.4) is 0 Å². The van der Waals surface area contributed by atoms with Crippen LogP contribution in [-0.2, 0) is 16.8 Å². The topological polar surface area (TPSA) is 55.8 Å². The molecule has 1 aliphatic carbocycles. The maximum absolute atomic E-state index is 12.1. The summed E-state index contributed by atoms with van der Waals surface area (Å²) in [4.78, 5) is 12.1. The van der Waals surface area contributed by atoms with Gasteiger partial charge in [-0.25, -0.2) is 0 Å². The van der Waals surface area contributed by atoms with Crippen LogP contribution in [0.4, 0.5) is 0 Å². The number of hydrogen-bond acceptors (Lipinski definition) is 3. The predicted octanol–water partition coefficient (Wildman–Crippen LogP) is 4.56. The maximum atomic E-state index is 12.1. The molecule has 132 valence electrons. The summed E-state index contributed by atoms with van der Waals surface area (Å²) in [5, 5.41) is 9.95. The second-order valence-corrected chi connectivity index (χ2v) is 6.43. The first-order chi connectivity index (χ1) is 12.2. The van der Waals surface area contributed by atoms with Gasteiger partial charge in [-0.3, -0.25) is 4.79 Å². The molecule has 0 radical (unpaired) electrons. The van der Waals surface area contributed by atoms with E-state index >= 15 is 0 Å². The summed E-state index contributed by atoms with van der Waals surface area (Å²) in [6, 6.07) is 15.4. The number of rotatable bonds is 7. The molecular formula is C21H24O4. The highest BCUT2D eigenvalue weighted by atomic mass is 16.5. The number of carboxylic acids is 1. The van der Waals surface area contributed by atoms with E-state index in [9.17, 15) is 9.90 Å². The number of para-hydroxylation sites is 1. The third-order valence-electron chi connectivity index (χ3n) is 4.89. The molecule has 0 unspecified atom stereocenters. The van der Waals surface area contributed by atoms with Gasteiger partial charge in [0.2, 0.25) is 0 Å². The molecule has 1 aliphatic rings. The Morgan fingerprint density at radius 3 is 2.40 bits per heavy atom.